The number of carboxylic acid groups (broad SMARTS) is 2. The van der Waals surface area contributed by atoms with Crippen molar-refractivity contribution < 1.29 is 24.9 Å². The van der Waals surface area contributed by atoms with Gasteiger partial charge >= 0.3 is 11.9 Å². The Hall–Kier alpha value is -2.15. The second-order valence-corrected chi connectivity index (χ2v) is 2.73. The largest absolute Gasteiger partial charge is 0.479 e. The first-order chi connectivity index (χ1) is 7.36. The summed E-state index contributed by atoms with van der Waals surface area (Å²) in [5, 5.41) is 24.1. The summed E-state index contributed by atoms with van der Waals surface area (Å²) in [6.07, 6.45) is 0.152. The molecule has 0 aromatic carbocycles. The first kappa shape index (κ1) is 13.8. The van der Waals surface area contributed by atoms with Crippen molar-refractivity contribution >= 4 is 11.9 Å². The fraction of sp³-hybridized carbons (Fsp3) is 0.222. The maximum Gasteiger partial charge on any atom is 0.341 e. The predicted octanol–water partition coefficient (Wildman–Crippen LogP) is -0.475. The fourth-order valence-electron chi connectivity index (χ4n) is 0.590. The molecule has 1 aromatic heterocycles. The van der Waals surface area contributed by atoms with Crippen molar-refractivity contribution in [2.75, 3.05) is 0 Å². The van der Waals surface area contributed by atoms with Crippen LogP contribution in [-0.4, -0.2) is 38.3 Å². The van der Waals surface area contributed by atoms with E-state index in [1.807, 2.05) is 0 Å². The topological polar surface area (TPSA) is 128 Å². The number of aromatic carboxylic acids is 1. The minimum Gasteiger partial charge on any atom is -0.479 e. The Morgan fingerprint density at radius 3 is 2.12 bits per heavy atom. The number of aliphatic hydroxyl groups is 1. The average molecular weight is 229 g/mol. The Morgan fingerprint density at radius 1 is 1.38 bits per heavy atom. The molecule has 4 N–H and O–H groups in total. The van der Waals surface area contributed by atoms with Crippen molar-refractivity contribution in [1.82, 2.24) is 4.98 Å². The van der Waals surface area contributed by atoms with Crippen LogP contribution < -0.4 is 5.56 Å². The Morgan fingerprint density at radius 2 is 1.88 bits per heavy atom. The van der Waals surface area contributed by atoms with Gasteiger partial charge in [-0.3, -0.25) is 4.79 Å². The standard InChI is InChI=1S/C6H5NO3.C3H6O3/c8-5-4(6(9)10)2-1-3-7-5;1-2(4)3(5)6/h1-3H,(H,7,8)(H,9,10);2,4H,1H3,(H,5,6). The summed E-state index contributed by atoms with van der Waals surface area (Å²) >= 11 is 0. The number of hydrogen-bond donors (Lipinski definition) is 4. The highest BCUT2D eigenvalue weighted by Gasteiger charge is 2.04. The number of pyridine rings is 1. The summed E-state index contributed by atoms with van der Waals surface area (Å²) in [7, 11) is 0. The van der Waals surface area contributed by atoms with E-state index in [-0.39, 0.29) is 5.56 Å². The van der Waals surface area contributed by atoms with Crippen LogP contribution in [0.4, 0.5) is 0 Å². The van der Waals surface area contributed by atoms with E-state index in [9.17, 15) is 14.4 Å². The highest BCUT2D eigenvalue weighted by atomic mass is 16.4. The van der Waals surface area contributed by atoms with Gasteiger partial charge in [0.2, 0.25) is 0 Å². The fourth-order valence-corrected chi connectivity index (χ4v) is 0.590. The van der Waals surface area contributed by atoms with Gasteiger partial charge < -0.3 is 20.3 Å². The molecule has 7 nitrogen and oxygen atoms in total. The molecule has 1 heterocycles. The molecule has 0 amide bonds. The molecule has 1 aromatic rings. The third-order valence-electron chi connectivity index (χ3n) is 1.41. The molecule has 0 saturated heterocycles. The summed E-state index contributed by atoms with van der Waals surface area (Å²) < 4.78 is 0. The molecule has 0 aliphatic carbocycles. The van der Waals surface area contributed by atoms with Gasteiger partial charge in [-0.05, 0) is 19.1 Å². The highest BCUT2D eigenvalue weighted by molar-refractivity contribution is 5.86. The minimum absolute atomic E-state index is 0.234. The van der Waals surface area contributed by atoms with Crippen LogP contribution in [0.2, 0.25) is 0 Å². The second-order valence-electron chi connectivity index (χ2n) is 2.73. The summed E-state index contributed by atoms with van der Waals surface area (Å²) in [5.74, 6) is -2.39. The zero-order valence-corrected chi connectivity index (χ0v) is 8.38. The molecule has 88 valence electrons. The van der Waals surface area contributed by atoms with Gasteiger partial charge in [-0.2, -0.15) is 0 Å². The van der Waals surface area contributed by atoms with Gasteiger partial charge in [-0.25, -0.2) is 9.59 Å². The van der Waals surface area contributed by atoms with Gasteiger partial charge in [0.1, 0.15) is 11.7 Å². The number of carboxylic acids is 2. The molecule has 0 fully saturated rings. The first-order valence-electron chi connectivity index (χ1n) is 4.18. The Balaban J connectivity index is 0.000000325. The molecule has 0 aliphatic heterocycles. The number of aromatic nitrogens is 1. The van der Waals surface area contributed by atoms with E-state index in [1.54, 1.807) is 0 Å². The number of H-pyrrole nitrogens is 1. The monoisotopic (exact) mass is 229 g/mol. The van der Waals surface area contributed by atoms with Crippen LogP contribution in [0.5, 0.6) is 0 Å². The number of carbonyl (C=O) groups is 2. The zero-order valence-electron chi connectivity index (χ0n) is 8.38. The van der Waals surface area contributed by atoms with Gasteiger partial charge in [0, 0.05) is 6.20 Å². The number of aliphatic hydroxyl groups excluding tert-OH is 1. The van der Waals surface area contributed by atoms with Crippen molar-refractivity contribution in [2.24, 2.45) is 0 Å². The van der Waals surface area contributed by atoms with Gasteiger partial charge in [0.25, 0.3) is 5.56 Å². The lowest BCUT2D eigenvalue weighted by Crippen LogP contribution is -2.15. The SMILES string of the molecule is CC(O)C(=O)O.O=C(O)c1ccc[nH]c1=O. The van der Waals surface area contributed by atoms with E-state index in [1.165, 1.54) is 25.3 Å². The summed E-state index contributed by atoms with van der Waals surface area (Å²) in [5.41, 5.74) is -0.808. The lowest BCUT2D eigenvalue weighted by Gasteiger charge is -1.89. The van der Waals surface area contributed by atoms with Gasteiger partial charge in [-0.1, -0.05) is 0 Å². The van der Waals surface area contributed by atoms with Crippen molar-refractivity contribution in [3.05, 3.63) is 34.2 Å². The molecule has 0 radical (unpaired) electrons. The molecule has 7 heteroatoms. The molecule has 0 aliphatic rings. The second kappa shape index (κ2) is 6.36. The average Bonchev–Trinajstić information content (AvgIpc) is 2.18. The number of aromatic amines is 1. The molecule has 0 spiro atoms. The summed E-state index contributed by atoms with van der Waals surface area (Å²) in [4.78, 5) is 32.5. The zero-order chi connectivity index (χ0) is 12.7. The van der Waals surface area contributed by atoms with Gasteiger partial charge in [-0.15, -0.1) is 0 Å². The highest BCUT2D eigenvalue weighted by Crippen LogP contribution is 1.86. The molecular formula is C9H11NO6. The van der Waals surface area contributed by atoms with E-state index in [2.05, 4.69) is 4.98 Å². The van der Waals surface area contributed by atoms with E-state index in [0.29, 0.717) is 0 Å². The van der Waals surface area contributed by atoms with Crippen molar-refractivity contribution in [3.8, 4) is 0 Å². The van der Waals surface area contributed by atoms with Crippen LogP contribution in [0.1, 0.15) is 17.3 Å². The number of nitrogens with one attached hydrogen (secondary N) is 1. The maximum absolute atomic E-state index is 10.6. The first-order valence-corrected chi connectivity index (χ1v) is 4.18. The number of hydrogen-bond acceptors (Lipinski definition) is 4. The molecule has 16 heavy (non-hydrogen) atoms. The normalized spacial score (nSPS) is 10.9. The molecule has 1 unspecified atom stereocenters. The third kappa shape index (κ3) is 4.91. The molecule has 0 bridgehead atoms. The van der Waals surface area contributed by atoms with Gasteiger partial charge in [0.15, 0.2) is 0 Å². The van der Waals surface area contributed by atoms with E-state index in [4.69, 9.17) is 15.3 Å². The van der Waals surface area contributed by atoms with Crippen LogP contribution >= 0.6 is 0 Å². The van der Waals surface area contributed by atoms with Crippen molar-refractivity contribution in [2.45, 2.75) is 13.0 Å². The Labute approximate surface area is 90.0 Å². The molecular weight excluding hydrogens is 218 g/mol. The van der Waals surface area contributed by atoms with Gasteiger partial charge in [0.05, 0.1) is 0 Å². The number of rotatable bonds is 2. The molecule has 1 rings (SSSR count). The van der Waals surface area contributed by atoms with Crippen LogP contribution in [0, 0.1) is 0 Å². The van der Waals surface area contributed by atoms with Crippen LogP contribution in [0.25, 0.3) is 0 Å². The summed E-state index contributed by atoms with van der Waals surface area (Å²) in [6.45, 7) is 1.20. The lowest BCUT2D eigenvalue weighted by molar-refractivity contribution is -0.145. The van der Waals surface area contributed by atoms with Crippen molar-refractivity contribution in [3.63, 3.8) is 0 Å². The molecule has 1 atom stereocenters. The van der Waals surface area contributed by atoms with Crippen molar-refractivity contribution in [1.29, 1.82) is 0 Å². The van der Waals surface area contributed by atoms with E-state index >= 15 is 0 Å². The van der Waals surface area contributed by atoms with Crippen LogP contribution in [0.15, 0.2) is 23.1 Å². The van der Waals surface area contributed by atoms with Crippen LogP contribution in [0.3, 0.4) is 0 Å². The van der Waals surface area contributed by atoms with E-state index < -0.39 is 23.6 Å². The Kier molecular flexibility index (Phi) is 5.50. The Bertz CT molecular complexity index is 422. The number of aliphatic carboxylic acids is 1. The third-order valence-corrected chi connectivity index (χ3v) is 1.41. The van der Waals surface area contributed by atoms with Crippen LogP contribution in [-0.2, 0) is 4.79 Å². The maximum atomic E-state index is 10.6. The lowest BCUT2D eigenvalue weighted by atomic mass is 10.3. The predicted molar refractivity (Wildman–Crippen MR) is 53.3 cm³/mol. The minimum atomic E-state index is -1.23. The quantitative estimate of drug-likeness (QED) is 0.542. The smallest absolute Gasteiger partial charge is 0.341 e. The molecule has 0 saturated carbocycles. The summed E-state index contributed by atoms with van der Waals surface area (Å²) in [6, 6.07) is 2.71. The van der Waals surface area contributed by atoms with E-state index in [0.717, 1.165) is 0 Å².